The van der Waals surface area contributed by atoms with Gasteiger partial charge in [0.05, 0.1) is 0 Å². The fourth-order valence-electron chi connectivity index (χ4n) is 1.58. The van der Waals surface area contributed by atoms with E-state index in [1.807, 2.05) is 24.3 Å². The molecule has 0 saturated heterocycles. The van der Waals surface area contributed by atoms with Crippen molar-refractivity contribution in [1.82, 2.24) is 4.90 Å². The van der Waals surface area contributed by atoms with Gasteiger partial charge in [0, 0.05) is 17.6 Å². The summed E-state index contributed by atoms with van der Waals surface area (Å²) >= 11 is 5.83. The highest BCUT2D eigenvalue weighted by Gasteiger charge is 2.09. The lowest BCUT2D eigenvalue weighted by Gasteiger charge is -2.22. The summed E-state index contributed by atoms with van der Waals surface area (Å²) in [4.78, 5) is 2.32. The van der Waals surface area contributed by atoms with Gasteiger partial charge >= 0.3 is 0 Å². The molecular weight excluding hydrogens is 208 g/mol. The van der Waals surface area contributed by atoms with E-state index in [4.69, 9.17) is 17.3 Å². The molecule has 0 saturated carbocycles. The monoisotopic (exact) mass is 226 g/mol. The van der Waals surface area contributed by atoms with Gasteiger partial charge in [-0.3, -0.25) is 0 Å². The van der Waals surface area contributed by atoms with Gasteiger partial charge in [0.25, 0.3) is 0 Å². The molecule has 0 spiro atoms. The summed E-state index contributed by atoms with van der Waals surface area (Å²) in [6.07, 6.45) is 0. The first-order valence-electron chi connectivity index (χ1n) is 5.40. The Kier molecular flexibility index (Phi) is 5.09. The Morgan fingerprint density at radius 1 is 1.20 bits per heavy atom. The molecule has 1 atom stereocenters. The van der Waals surface area contributed by atoms with Gasteiger partial charge in [0.1, 0.15) is 0 Å². The molecule has 0 aliphatic rings. The Morgan fingerprint density at radius 3 is 2.20 bits per heavy atom. The van der Waals surface area contributed by atoms with E-state index in [2.05, 4.69) is 18.7 Å². The maximum atomic E-state index is 6.11. The zero-order valence-electron chi connectivity index (χ0n) is 9.41. The van der Waals surface area contributed by atoms with Crippen LogP contribution in [0.25, 0.3) is 0 Å². The van der Waals surface area contributed by atoms with Crippen LogP contribution in [0.3, 0.4) is 0 Å². The van der Waals surface area contributed by atoms with Gasteiger partial charge in [0.2, 0.25) is 0 Å². The number of hydrogen-bond acceptors (Lipinski definition) is 2. The molecule has 3 heteroatoms. The molecule has 0 heterocycles. The van der Waals surface area contributed by atoms with E-state index in [0.29, 0.717) is 0 Å². The molecule has 0 fully saturated rings. The zero-order valence-corrected chi connectivity index (χ0v) is 10.2. The van der Waals surface area contributed by atoms with Gasteiger partial charge in [-0.1, -0.05) is 37.6 Å². The zero-order chi connectivity index (χ0) is 11.3. The maximum Gasteiger partial charge on any atom is 0.0424 e. The minimum atomic E-state index is 0.0715. The Balaban J connectivity index is 2.60. The van der Waals surface area contributed by atoms with Crippen LogP contribution in [0.5, 0.6) is 0 Å². The minimum Gasteiger partial charge on any atom is -0.323 e. The second kappa shape index (κ2) is 6.11. The van der Waals surface area contributed by atoms with Crippen LogP contribution in [-0.2, 0) is 0 Å². The van der Waals surface area contributed by atoms with E-state index in [1.165, 1.54) is 0 Å². The quantitative estimate of drug-likeness (QED) is 0.837. The summed E-state index contributed by atoms with van der Waals surface area (Å²) < 4.78 is 0. The first-order chi connectivity index (χ1) is 7.17. The second-order valence-electron chi connectivity index (χ2n) is 3.64. The van der Waals surface area contributed by atoms with E-state index in [0.717, 1.165) is 30.2 Å². The van der Waals surface area contributed by atoms with Gasteiger partial charge in [0.15, 0.2) is 0 Å². The van der Waals surface area contributed by atoms with Gasteiger partial charge in [-0.2, -0.15) is 0 Å². The van der Waals surface area contributed by atoms with Gasteiger partial charge < -0.3 is 10.6 Å². The number of halogens is 1. The predicted molar refractivity (Wildman–Crippen MR) is 66.2 cm³/mol. The van der Waals surface area contributed by atoms with Crippen molar-refractivity contribution in [2.75, 3.05) is 19.6 Å². The first kappa shape index (κ1) is 12.5. The minimum absolute atomic E-state index is 0.0715. The van der Waals surface area contributed by atoms with E-state index in [-0.39, 0.29) is 6.04 Å². The van der Waals surface area contributed by atoms with Crippen molar-refractivity contribution in [3.05, 3.63) is 34.9 Å². The molecule has 1 rings (SSSR count). The molecule has 0 aromatic heterocycles. The predicted octanol–water partition coefficient (Wildman–Crippen LogP) is 2.68. The van der Waals surface area contributed by atoms with Crippen molar-refractivity contribution < 1.29 is 0 Å². The van der Waals surface area contributed by atoms with E-state index < -0.39 is 0 Å². The summed E-state index contributed by atoms with van der Waals surface area (Å²) in [5.41, 5.74) is 7.26. The SMILES string of the molecule is CCN(CC)CC(N)c1ccc(Cl)cc1. The number of likely N-dealkylation sites (N-methyl/N-ethyl adjacent to an activating group) is 1. The number of nitrogens with zero attached hydrogens (tertiary/aromatic N) is 1. The first-order valence-corrected chi connectivity index (χ1v) is 5.78. The second-order valence-corrected chi connectivity index (χ2v) is 4.08. The Labute approximate surface area is 97.0 Å². The molecule has 15 heavy (non-hydrogen) atoms. The highest BCUT2D eigenvalue weighted by Crippen LogP contribution is 2.15. The third-order valence-electron chi connectivity index (χ3n) is 2.65. The van der Waals surface area contributed by atoms with Crippen LogP contribution >= 0.6 is 11.6 Å². The molecule has 2 N–H and O–H groups in total. The molecule has 1 aromatic carbocycles. The van der Waals surface area contributed by atoms with Gasteiger partial charge in [-0.25, -0.2) is 0 Å². The molecule has 0 radical (unpaired) electrons. The highest BCUT2D eigenvalue weighted by atomic mass is 35.5. The molecule has 0 bridgehead atoms. The highest BCUT2D eigenvalue weighted by molar-refractivity contribution is 6.30. The smallest absolute Gasteiger partial charge is 0.0424 e. The van der Waals surface area contributed by atoms with Crippen LogP contribution in [0.15, 0.2) is 24.3 Å². The number of rotatable bonds is 5. The average Bonchev–Trinajstić information content (AvgIpc) is 2.26. The van der Waals surface area contributed by atoms with Gasteiger partial charge in [-0.05, 0) is 30.8 Å². The van der Waals surface area contributed by atoms with Crippen molar-refractivity contribution >= 4 is 11.6 Å². The average molecular weight is 227 g/mol. The van der Waals surface area contributed by atoms with Crippen LogP contribution in [0, 0.1) is 0 Å². The largest absolute Gasteiger partial charge is 0.323 e. The number of benzene rings is 1. The van der Waals surface area contributed by atoms with E-state index in [1.54, 1.807) is 0 Å². The summed E-state index contributed by atoms with van der Waals surface area (Å²) in [5.74, 6) is 0. The van der Waals surface area contributed by atoms with Crippen molar-refractivity contribution in [3.63, 3.8) is 0 Å². The molecule has 0 aliphatic heterocycles. The molecule has 1 aromatic rings. The number of nitrogens with two attached hydrogens (primary N) is 1. The molecule has 1 unspecified atom stereocenters. The van der Waals surface area contributed by atoms with Crippen LogP contribution in [-0.4, -0.2) is 24.5 Å². The standard InChI is InChI=1S/C12H19ClN2/c1-3-15(4-2)9-12(14)10-5-7-11(13)8-6-10/h5-8,12H,3-4,9,14H2,1-2H3. The summed E-state index contributed by atoms with van der Waals surface area (Å²) in [7, 11) is 0. The summed E-state index contributed by atoms with van der Waals surface area (Å²) in [6, 6.07) is 7.84. The molecule has 0 aliphatic carbocycles. The number of hydrogen-bond donors (Lipinski definition) is 1. The Bertz CT molecular complexity index is 280. The van der Waals surface area contributed by atoms with Crippen molar-refractivity contribution in [2.24, 2.45) is 5.73 Å². The van der Waals surface area contributed by atoms with E-state index in [9.17, 15) is 0 Å². The Morgan fingerprint density at radius 2 is 1.73 bits per heavy atom. The normalized spacial score (nSPS) is 13.1. The molecule has 0 amide bonds. The Hall–Kier alpha value is -0.570. The van der Waals surface area contributed by atoms with Crippen LogP contribution in [0.4, 0.5) is 0 Å². The topological polar surface area (TPSA) is 29.3 Å². The summed E-state index contributed by atoms with van der Waals surface area (Å²) in [5, 5.41) is 0.758. The van der Waals surface area contributed by atoms with Crippen molar-refractivity contribution in [1.29, 1.82) is 0 Å². The van der Waals surface area contributed by atoms with Crippen LogP contribution in [0.2, 0.25) is 5.02 Å². The maximum absolute atomic E-state index is 6.11. The van der Waals surface area contributed by atoms with Crippen molar-refractivity contribution in [2.45, 2.75) is 19.9 Å². The fraction of sp³-hybridized carbons (Fsp3) is 0.500. The molecule has 2 nitrogen and oxygen atoms in total. The third kappa shape index (κ3) is 3.82. The van der Waals surface area contributed by atoms with Crippen molar-refractivity contribution in [3.8, 4) is 0 Å². The summed E-state index contributed by atoms with van der Waals surface area (Å²) in [6.45, 7) is 7.28. The fourth-order valence-corrected chi connectivity index (χ4v) is 1.70. The van der Waals surface area contributed by atoms with Crippen LogP contribution in [0.1, 0.15) is 25.5 Å². The third-order valence-corrected chi connectivity index (χ3v) is 2.90. The lowest BCUT2D eigenvalue weighted by Crippen LogP contribution is -2.31. The molecular formula is C12H19ClN2. The lowest BCUT2D eigenvalue weighted by molar-refractivity contribution is 0.284. The lowest BCUT2D eigenvalue weighted by atomic mass is 10.1. The molecule has 84 valence electrons. The van der Waals surface area contributed by atoms with Gasteiger partial charge in [-0.15, -0.1) is 0 Å². The van der Waals surface area contributed by atoms with E-state index >= 15 is 0 Å². The van der Waals surface area contributed by atoms with Crippen LogP contribution < -0.4 is 5.73 Å².